The molecule has 1 aliphatic rings. The summed E-state index contributed by atoms with van der Waals surface area (Å²) in [5, 5.41) is 10.7. The van der Waals surface area contributed by atoms with Gasteiger partial charge in [-0.25, -0.2) is 0 Å². The SMILES string of the molecule is CC(=O)[C@](O)(c1ccccc1)C1CCCC1. The first-order valence-corrected chi connectivity index (χ1v) is 5.94. The van der Waals surface area contributed by atoms with Crippen molar-refractivity contribution >= 4 is 5.78 Å². The van der Waals surface area contributed by atoms with Crippen LogP contribution in [0, 0.1) is 5.92 Å². The smallest absolute Gasteiger partial charge is 0.166 e. The average Bonchev–Trinajstić information content (AvgIpc) is 2.82. The molecular formula is C14H18O2. The van der Waals surface area contributed by atoms with Gasteiger partial charge in [0.2, 0.25) is 0 Å². The summed E-state index contributed by atoms with van der Waals surface area (Å²) in [7, 11) is 0. The van der Waals surface area contributed by atoms with Crippen molar-refractivity contribution in [3.05, 3.63) is 35.9 Å². The van der Waals surface area contributed by atoms with Gasteiger partial charge in [-0.3, -0.25) is 4.79 Å². The van der Waals surface area contributed by atoms with E-state index >= 15 is 0 Å². The maximum absolute atomic E-state index is 11.8. The third kappa shape index (κ3) is 1.78. The van der Waals surface area contributed by atoms with Crippen molar-refractivity contribution in [2.24, 2.45) is 5.92 Å². The number of carbonyl (C=O) groups excluding carboxylic acids is 1. The first-order chi connectivity index (χ1) is 7.65. The molecule has 0 amide bonds. The molecule has 1 atom stereocenters. The van der Waals surface area contributed by atoms with E-state index in [4.69, 9.17) is 0 Å². The fraction of sp³-hybridized carbons (Fsp3) is 0.500. The molecule has 0 radical (unpaired) electrons. The van der Waals surface area contributed by atoms with Gasteiger partial charge in [0, 0.05) is 0 Å². The van der Waals surface area contributed by atoms with Gasteiger partial charge in [0.1, 0.15) is 0 Å². The van der Waals surface area contributed by atoms with Crippen LogP contribution < -0.4 is 0 Å². The molecule has 2 rings (SSSR count). The number of benzene rings is 1. The Kier molecular flexibility index (Phi) is 3.10. The number of aliphatic hydroxyl groups is 1. The van der Waals surface area contributed by atoms with Gasteiger partial charge >= 0.3 is 0 Å². The molecule has 1 N–H and O–H groups in total. The summed E-state index contributed by atoms with van der Waals surface area (Å²) in [6.45, 7) is 1.49. The predicted molar refractivity (Wildman–Crippen MR) is 63.0 cm³/mol. The van der Waals surface area contributed by atoms with E-state index in [0.29, 0.717) is 0 Å². The van der Waals surface area contributed by atoms with Crippen LogP contribution in [-0.2, 0) is 10.4 Å². The number of Topliss-reactive ketones (excluding diaryl/α,β-unsaturated/α-hetero) is 1. The molecule has 1 aromatic rings. The third-order valence-corrected chi connectivity index (χ3v) is 3.70. The highest BCUT2D eigenvalue weighted by atomic mass is 16.3. The van der Waals surface area contributed by atoms with Gasteiger partial charge in [-0.05, 0) is 31.2 Å². The molecule has 0 saturated heterocycles. The minimum absolute atomic E-state index is 0.0902. The molecular weight excluding hydrogens is 200 g/mol. The summed E-state index contributed by atoms with van der Waals surface area (Å²) in [4.78, 5) is 11.8. The van der Waals surface area contributed by atoms with Crippen molar-refractivity contribution in [2.45, 2.75) is 38.2 Å². The molecule has 0 aromatic heterocycles. The molecule has 1 aliphatic carbocycles. The monoisotopic (exact) mass is 218 g/mol. The lowest BCUT2D eigenvalue weighted by molar-refractivity contribution is -0.142. The fourth-order valence-electron chi connectivity index (χ4n) is 2.76. The molecule has 1 saturated carbocycles. The van der Waals surface area contributed by atoms with Gasteiger partial charge in [-0.15, -0.1) is 0 Å². The van der Waals surface area contributed by atoms with Crippen molar-refractivity contribution in [1.29, 1.82) is 0 Å². The molecule has 0 aliphatic heterocycles. The summed E-state index contributed by atoms with van der Waals surface area (Å²) in [5.41, 5.74) is -0.521. The number of ketones is 1. The average molecular weight is 218 g/mol. The summed E-state index contributed by atoms with van der Waals surface area (Å²) < 4.78 is 0. The van der Waals surface area contributed by atoms with Crippen LogP contribution in [0.4, 0.5) is 0 Å². The lowest BCUT2D eigenvalue weighted by Crippen LogP contribution is -2.40. The predicted octanol–water partition coefficient (Wildman–Crippen LogP) is 2.65. The van der Waals surface area contributed by atoms with Crippen LogP contribution in [0.1, 0.15) is 38.2 Å². The van der Waals surface area contributed by atoms with Crippen LogP contribution in [0.25, 0.3) is 0 Å². The van der Waals surface area contributed by atoms with Gasteiger partial charge in [-0.2, -0.15) is 0 Å². The van der Waals surface area contributed by atoms with Gasteiger partial charge in [0.05, 0.1) is 0 Å². The standard InChI is InChI=1S/C14H18O2/c1-11(15)14(16,13-9-5-6-10-13)12-7-3-2-4-8-12/h2-4,7-8,13,16H,5-6,9-10H2,1H3/t14-/m0/s1. The first-order valence-electron chi connectivity index (χ1n) is 5.94. The van der Waals surface area contributed by atoms with E-state index in [9.17, 15) is 9.90 Å². The van der Waals surface area contributed by atoms with Crippen LogP contribution in [-0.4, -0.2) is 10.9 Å². The third-order valence-electron chi connectivity index (χ3n) is 3.70. The molecule has 0 spiro atoms. The van der Waals surface area contributed by atoms with Crippen molar-refractivity contribution in [2.75, 3.05) is 0 Å². The van der Waals surface area contributed by atoms with Gasteiger partial charge in [-0.1, -0.05) is 43.2 Å². The Morgan fingerprint density at radius 2 is 1.81 bits per heavy atom. The number of rotatable bonds is 3. The zero-order valence-electron chi connectivity index (χ0n) is 9.65. The molecule has 86 valence electrons. The molecule has 1 fully saturated rings. The fourth-order valence-corrected chi connectivity index (χ4v) is 2.76. The Morgan fingerprint density at radius 3 is 2.31 bits per heavy atom. The van der Waals surface area contributed by atoms with Crippen LogP contribution in [0.15, 0.2) is 30.3 Å². The van der Waals surface area contributed by atoms with E-state index in [2.05, 4.69) is 0 Å². The number of hydrogen-bond acceptors (Lipinski definition) is 2. The number of hydrogen-bond donors (Lipinski definition) is 1. The Labute approximate surface area is 96.3 Å². The maximum Gasteiger partial charge on any atom is 0.166 e. The van der Waals surface area contributed by atoms with Crippen LogP contribution >= 0.6 is 0 Å². The summed E-state index contributed by atoms with van der Waals surface area (Å²) >= 11 is 0. The summed E-state index contributed by atoms with van der Waals surface area (Å²) in [5.74, 6) is -0.0435. The van der Waals surface area contributed by atoms with Gasteiger partial charge < -0.3 is 5.11 Å². The minimum atomic E-state index is -1.27. The molecule has 0 bridgehead atoms. The van der Waals surface area contributed by atoms with Gasteiger partial charge in [0.25, 0.3) is 0 Å². The second kappa shape index (κ2) is 4.38. The molecule has 0 unspecified atom stereocenters. The second-order valence-corrected chi connectivity index (χ2v) is 4.67. The lowest BCUT2D eigenvalue weighted by Gasteiger charge is -2.32. The molecule has 16 heavy (non-hydrogen) atoms. The highest BCUT2D eigenvalue weighted by Crippen LogP contribution is 2.41. The lowest BCUT2D eigenvalue weighted by atomic mass is 9.77. The largest absolute Gasteiger partial charge is 0.377 e. The Balaban J connectivity index is 2.39. The normalized spacial score (nSPS) is 20.6. The van der Waals surface area contributed by atoms with Crippen LogP contribution in [0.3, 0.4) is 0 Å². The van der Waals surface area contributed by atoms with Crippen molar-refractivity contribution < 1.29 is 9.90 Å². The van der Waals surface area contributed by atoms with Crippen LogP contribution in [0.2, 0.25) is 0 Å². The van der Waals surface area contributed by atoms with E-state index in [1.165, 1.54) is 6.92 Å². The highest BCUT2D eigenvalue weighted by Gasteiger charge is 2.43. The Bertz CT molecular complexity index is 366. The maximum atomic E-state index is 11.8. The molecule has 0 heterocycles. The zero-order chi connectivity index (χ0) is 11.6. The second-order valence-electron chi connectivity index (χ2n) is 4.67. The Morgan fingerprint density at radius 1 is 1.25 bits per heavy atom. The topological polar surface area (TPSA) is 37.3 Å². The minimum Gasteiger partial charge on any atom is -0.377 e. The molecule has 2 heteroatoms. The molecule has 1 aromatic carbocycles. The van der Waals surface area contributed by atoms with Crippen molar-refractivity contribution in [3.63, 3.8) is 0 Å². The molecule has 2 nitrogen and oxygen atoms in total. The van der Waals surface area contributed by atoms with Gasteiger partial charge in [0.15, 0.2) is 11.4 Å². The highest BCUT2D eigenvalue weighted by molar-refractivity contribution is 5.86. The summed E-state index contributed by atoms with van der Waals surface area (Å²) in [6.07, 6.45) is 4.14. The zero-order valence-corrected chi connectivity index (χ0v) is 9.65. The quantitative estimate of drug-likeness (QED) is 0.846. The van der Waals surface area contributed by atoms with E-state index in [1.54, 1.807) is 0 Å². The van der Waals surface area contributed by atoms with Crippen LogP contribution in [0.5, 0.6) is 0 Å². The van der Waals surface area contributed by atoms with E-state index in [0.717, 1.165) is 31.2 Å². The van der Waals surface area contributed by atoms with E-state index in [1.807, 2.05) is 30.3 Å². The number of carbonyl (C=O) groups is 1. The summed E-state index contributed by atoms with van der Waals surface area (Å²) in [6, 6.07) is 9.34. The van der Waals surface area contributed by atoms with E-state index < -0.39 is 5.60 Å². The van der Waals surface area contributed by atoms with Crippen molar-refractivity contribution in [3.8, 4) is 0 Å². The first kappa shape index (κ1) is 11.3. The van der Waals surface area contributed by atoms with Crippen molar-refractivity contribution in [1.82, 2.24) is 0 Å². The van der Waals surface area contributed by atoms with E-state index in [-0.39, 0.29) is 11.7 Å². The Hall–Kier alpha value is -1.15.